The number of rotatable bonds is 11. The van der Waals surface area contributed by atoms with Crippen LogP contribution in [-0.4, -0.2) is 62.8 Å². The smallest absolute Gasteiger partial charge is 0.328 e. The van der Waals surface area contributed by atoms with Gasteiger partial charge in [0.15, 0.2) is 0 Å². The third-order valence-corrected chi connectivity index (χ3v) is 5.55. The van der Waals surface area contributed by atoms with Crippen molar-refractivity contribution in [1.82, 2.24) is 10.2 Å². The molecule has 7 nitrogen and oxygen atoms in total. The molecule has 2 aliphatic rings. The number of hydrogen-bond donors (Lipinski definition) is 2. The summed E-state index contributed by atoms with van der Waals surface area (Å²) in [6.07, 6.45) is 7.92. The summed E-state index contributed by atoms with van der Waals surface area (Å²) in [5.41, 5.74) is 1.83. The van der Waals surface area contributed by atoms with E-state index in [9.17, 15) is 9.59 Å². The van der Waals surface area contributed by atoms with Crippen molar-refractivity contribution in [1.29, 1.82) is 0 Å². The second kappa shape index (κ2) is 11.8. The van der Waals surface area contributed by atoms with Gasteiger partial charge in [-0.2, -0.15) is 0 Å². The summed E-state index contributed by atoms with van der Waals surface area (Å²) in [6.45, 7) is 6.54. The van der Waals surface area contributed by atoms with Crippen LogP contribution >= 0.6 is 0 Å². The van der Waals surface area contributed by atoms with Crippen molar-refractivity contribution in [3.05, 3.63) is 24.3 Å². The zero-order valence-electron chi connectivity index (χ0n) is 17.3. The zero-order chi connectivity index (χ0) is 20.3. The maximum absolute atomic E-state index is 12.0. The summed E-state index contributed by atoms with van der Waals surface area (Å²) < 4.78 is 5.38. The maximum Gasteiger partial charge on any atom is 0.328 e. The number of nitrogens with zero attached hydrogens (tertiary/aromatic N) is 2. The Kier molecular flexibility index (Phi) is 8.77. The molecule has 3 rings (SSSR count). The van der Waals surface area contributed by atoms with Crippen LogP contribution in [0.15, 0.2) is 24.3 Å². The first-order chi connectivity index (χ1) is 14.2. The van der Waals surface area contributed by atoms with E-state index in [0.717, 1.165) is 50.6 Å². The van der Waals surface area contributed by atoms with Crippen LogP contribution in [0.3, 0.4) is 0 Å². The first-order valence-corrected chi connectivity index (χ1v) is 11.0. The van der Waals surface area contributed by atoms with Crippen LogP contribution in [0.1, 0.15) is 44.9 Å². The Morgan fingerprint density at radius 1 is 0.966 bits per heavy atom. The van der Waals surface area contributed by atoms with Crippen LogP contribution < -0.4 is 15.5 Å². The molecule has 0 aromatic heterocycles. The lowest BCUT2D eigenvalue weighted by Gasteiger charge is -2.26. The van der Waals surface area contributed by atoms with E-state index in [1.54, 1.807) is 4.90 Å². The predicted molar refractivity (Wildman–Crippen MR) is 115 cm³/mol. The number of carbonyl (C=O) groups is 2. The van der Waals surface area contributed by atoms with Gasteiger partial charge in [0, 0.05) is 44.0 Å². The SMILES string of the molecule is O=C1CCN(c2cccc(NCCCCCCCCN3CCOCC3)c2)C(=O)N1. The number of imide groups is 1. The highest BCUT2D eigenvalue weighted by molar-refractivity contribution is 6.05. The molecule has 2 aliphatic heterocycles. The van der Waals surface area contributed by atoms with Gasteiger partial charge < -0.3 is 10.1 Å². The molecule has 2 N–H and O–H groups in total. The Morgan fingerprint density at radius 2 is 1.72 bits per heavy atom. The number of anilines is 2. The van der Waals surface area contributed by atoms with Gasteiger partial charge in [0.1, 0.15) is 0 Å². The first kappa shape index (κ1) is 21.6. The first-order valence-electron chi connectivity index (χ1n) is 11.0. The molecule has 1 aromatic carbocycles. The number of benzene rings is 1. The van der Waals surface area contributed by atoms with Crippen LogP contribution in [0.25, 0.3) is 0 Å². The molecule has 7 heteroatoms. The number of nitrogens with one attached hydrogen (secondary N) is 2. The van der Waals surface area contributed by atoms with E-state index in [0.29, 0.717) is 13.0 Å². The topological polar surface area (TPSA) is 73.9 Å². The summed E-state index contributed by atoms with van der Waals surface area (Å²) in [5, 5.41) is 5.82. The molecule has 2 saturated heterocycles. The van der Waals surface area contributed by atoms with E-state index >= 15 is 0 Å². The molecule has 0 radical (unpaired) electrons. The molecule has 0 atom stereocenters. The highest BCUT2D eigenvalue weighted by Crippen LogP contribution is 2.21. The summed E-state index contributed by atoms with van der Waals surface area (Å²) >= 11 is 0. The van der Waals surface area contributed by atoms with E-state index in [-0.39, 0.29) is 11.9 Å². The van der Waals surface area contributed by atoms with E-state index < -0.39 is 0 Å². The fourth-order valence-electron chi connectivity index (χ4n) is 3.82. The van der Waals surface area contributed by atoms with Gasteiger partial charge in [-0.25, -0.2) is 4.79 Å². The molecule has 2 heterocycles. The fourth-order valence-corrected chi connectivity index (χ4v) is 3.82. The van der Waals surface area contributed by atoms with Crippen LogP contribution in [0.2, 0.25) is 0 Å². The molecule has 0 aliphatic carbocycles. The monoisotopic (exact) mass is 402 g/mol. The molecule has 29 heavy (non-hydrogen) atoms. The number of carbonyl (C=O) groups excluding carboxylic acids is 2. The highest BCUT2D eigenvalue weighted by atomic mass is 16.5. The molecule has 0 bridgehead atoms. The average Bonchev–Trinajstić information content (AvgIpc) is 2.73. The Balaban J connectivity index is 1.25. The maximum atomic E-state index is 12.0. The molecule has 0 unspecified atom stereocenters. The van der Waals surface area contributed by atoms with Gasteiger partial charge in [-0.3, -0.25) is 19.9 Å². The van der Waals surface area contributed by atoms with E-state index in [4.69, 9.17) is 4.74 Å². The molecule has 0 saturated carbocycles. The third-order valence-electron chi connectivity index (χ3n) is 5.55. The Morgan fingerprint density at radius 3 is 2.52 bits per heavy atom. The number of unbranched alkanes of at least 4 members (excludes halogenated alkanes) is 5. The number of ether oxygens (including phenoxy) is 1. The summed E-state index contributed by atoms with van der Waals surface area (Å²) in [6, 6.07) is 7.49. The largest absolute Gasteiger partial charge is 0.385 e. The molecular weight excluding hydrogens is 368 g/mol. The van der Waals surface area contributed by atoms with Gasteiger partial charge in [-0.1, -0.05) is 31.7 Å². The van der Waals surface area contributed by atoms with Gasteiger partial charge in [0.2, 0.25) is 5.91 Å². The molecule has 1 aromatic rings. The van der Waals surface area contributed by atoms with Crippen molar-refractivity contribution in [3.63, 3.8) is 0 Å². The molecule has 160 valence electrons. The third kappa shape index (κ3) is 7.33. The zero-order valence-corrected chi connectivity index (χ0v) is 17.3. The van der Waals surface area contributed by atoms with Crippen molar-refractivity contribution in [2.75, 3.05) is 56.2 Å². The minimum atomic E-state index is -0.341. The van der Waals surface area contributed by atoms with E-state index in [1.807, 2.05) is 24.3 Å². The van der Waals surface area contributed by atoms with Crippen LogP contribution in [0.5, 0.6) is 0 Å². The lowest BCUT2D eigenvalue weighted by Crippen LogP contribution is -2.49. The van der Waals surface area contributed by atoms with Gasteiger partial charge in [0.05, 0.1) is 13.2 Å². The quantitative estimate of drug-likeness (QED) is 0.556. The van der Waals surface area contributed by atoms with Crippen molar-refractivity contribution >= 4 is 23.3 Å². The number of morpholine rings is 1. The van der Waals surface area contributed by atoms with Crippen LogP contribution in [0, 0.1) is 0 Å². The second-order valence-electron chi connectivity index (χ2n) is 7.81. The average molecular weight is 403 g/mol. The van der Waals surface area contributed by atoms with E-state index in [2.05, 4.69) is 15.5 Å². The Hall–Kier alpha value is -2.12. The minimum Gasteiger partial charge on any atom is -0.385 e. The van der Waals surface area contributed by atoms with Crippen molar-refractivity contribution in [2.45, 2.75) is 44.9 Å². The van der Waals surface area contributed by atoms with Gasteiger partial charge >= 0.3 is 6.03 Å². The molecular formula is C22H34N4O3. The summed E-state index contributed by atoms with van der Waals surface area (Å²) in [5.74, 6) is -0.207. The minimum absolute atomic E-state index is 0.207. The van der Waals surface area contributed by atoms with Gasteiger partial charge in [-0.05, 0) is 37.6 Å². The number of urea groups is 1. The molecule has 3 amide bonds. The summed E-state index contributed by atoms with van der Waals surface area (Å²) in [7, 11) is 0. The van der Waals surface area contributed by atoms with Crippen molar-refractivity contribution < 1.29 is 14.3 Å². The van der Waals surface area contributed by atoms with Crippen LogP contribution in [0.4, 0.5) is 16.2 Å². The number of hydrogen-bond acceptors (Lipinski definition) is 5. The predicted octanol–water partition coefficient (Wildman–Crippen LogP) is 3.22. The summed E-state index contributed by atoms with van der Waals surface area (Å²) in [4.78, 5) is 27.4. The fraction of sp³-hybridized carbons (Fsp3) is 0.636. The molecule has 2 fully saturated rings. The van der Waals surface area contributed by atoms with E-state index in [1.165, 1.54) is 38.6 Å². The highest BCUT2D eigenvalue weighted by Gasteiger charge is 2.24. The molecule has 0 spiro atoms. The van der Waals surface area contributed by atoms with Gasteiger partial charge in [0.25, 0.3) is 0 Å². The van der Waals surface area contributed by atoms with Crippen LogP contribution in [-0.2, 0) is 9.53 Å². The Labute approximate surface area is 173 Å². The van der Waals surface area contributed by atoms with Crippen molar-refractivity contribution in [2.24, 2.45) is 0 Å². The lowest BCUT2D eigenvalue weighted by atomic mass is 10.1. The normalized spacial score (nSPS) is 18.0. The lowest BCUT2D eigenvalue weighted by molar-refractivity contribution is -0.120. The standard InChI is InChI=1S/C22H34N4O3/c27-21-10-13-26(22(28)24-21)20-9-7-8-19(18-20)23-11-5-3-1-2-4-6-12-25-14-16-29-17-15-25/h7-9,18,23H,1-6,10-17H2,(H,24,27,28). The Bertz CT molecular complexity index is 661. The number of amides is 3. The second-order valence-corrected chi connectivity index (χ2v) is 7.81. The van der Waals surface area contributed by atoms with Crippen molar-refractivity contribution in [3.8, 4) is 0 Å². The van der Waals surface area contributed by atoms with Gasteiger partial charge in [-0.15, -0.1) is 0 Å².